The number of hydrogen-bond acceptors (Lipinski definition) is 5. The van der Waals surface area contributed by atoms with Gasteiger partial charge in [-0.1, -0.05) is 25.5 Å². The van der Waals surface area contributed by atoms with Crippen molar-refractivity contribution in [1.82, 2.24) is 0 Å². The van der Waals surface area contributed by atoms with Crippen molar-refractivity contribution >= 4 is 0 Å². The fraction of sp³-hybridized carbons (Fsp3) is 0.650. The SMILES string of the molecule is CCC[C@H]1CO[C@H](CC[C@H]2CO[C@H](c3ccc(C#N)cc3)OC2)OC1. The molecule has 136 valence electrons. The van der Waals surface area contributed by atoms with Crippen LogP contribution in [0.3, 0.4) is 0 Å². The van der Waals surface area contributed by atoms with Crippen LogP contribution in [0.1, 0.15) is 50.0 Å². The molecule has 2 aliphatic heterocycles. The van der Waals surface area contributed by atoms with E-state index in [2.05, 4.69) is 13.0 Å². The van der Waals surface area contributed by atoms with Gasteiger partial charge < -0.3 is 18.9 Å². The van der Waals surface area contributed by atoms with Crippen molar-refractivity contribution in [2.45, 2.75) is 45.2 Å². The lowest BCUT2D eigenvalue weighted by Gasteiger charge is -2.32. The maximum absolute atomic E-state index is 8.85. The zero-order chi connectivity index (χ0) is 17.5. The summed E-state index contributed by atoms with van der Waals surface area (Å²) in [4.78, 5) is 0. The first kappa shape index (κ1) is 18.3. The summed E-state index contributed by atoms with van der Waals surface area (Å²) in [7, 11) is 0. The maximum Gasteiger partial charge on any atom is 0.183 e. The Morgan fingerprint density at radius 1 is 0.880 bits per heavy atom. The van der Waals surface area contributed by atoms with E-state index in [4.69, 9.17) is 24.2 Å². The number of benzene rings is 1. The van der Waals surface area contributed by atoms with E-state index in [1.807, 2.05) is 12.1 Å². The van der Waals surface area contributed by atoms with Gasteiger partial charge in [0, 0.05) is 17.4 Å². The molecular weight excluding hydrogens is 318 g/mol. The largest absolute Gasteiger partial charge is 0.352 e. The summed E-state index contributed by atoms with van der Waals surface area (Å²) in [5.74, 6) is 0.922. The number of nitriles is 1. The topological polar surface area (TPSA) is 60.7 Å². The molecule has 1 aromatic rings. The predicted octanol–water partition coefficient (Wildman–Crippen LogP) is 3.79. The lowest BCUT2D eigenvalue weighted by molar-refractivity contribution is -0.220. The molecule has 0 atom stereocenters. The third kappa shape index (κ3) is 5.26. The maximum atomic E-state index is 8.85. The van der Waals surface area contributed by atoms with Gasteiger partial charge in [-0.3, -0.25) is 0 Å². The average Bonchev–Trinajstić information content (AvgIpc) is 2.68. The summed E-state index contributed by atoms with van der Waals surface area (Å²) in [6, 6.07) is 9.47. The van der Waals surface area contributed by atoms with E-state index < -0.39 is 0 Å². The smallest absolute Gasteiger partial charge is 0.183 e. The Labute approximate surface area is 149 Å². The molecule has 2 heterocycles. The average molecular weight is 345 g/mol. The molecule has 0 radical (unpaired) electrons. The van der Waals surface area contributed by atoms with Crippen LogP contribution in [0.25, 0.3) is 0 Å². The Bertz CT molecular complexity index is 552. The van der Waals surface area contributed by atoms with Crippen LogP contribution in [0, 0.1) is 23.2 Å². The number of ether oxygens (including phenoxy) is 4. The second-order valence-corrected chi connectivity index (χ2v) is 6.93. The molecule has 0 aromatic heterocycles. The first-order valence-electron chi connectivity index (χ1n) is 9.25. The predicted molar refractivity (Wildman–Crippen MR) is 92.6 cm³/mol. The molecule has 1 aromatic carbocycles. The summed E-state index contributed by atoms with van der Waals surface area (Å²) in [6.45, 7) is 5.18. The minimum absolute atomic E-state index is 0.0793. The van der Waals surface area contributed by atoms with Gasteiger partial charge in [0.1, 0.15) is 0 Å². The van der Waals surface area contributed by atoms with Crippen molar-refractivity contribution in [2.75, 3.05) is 26.4 Å². The summed E-state index contributed by atoms with van der Waals surface area (Å²) in [5, 5.41) is 8.85. The summed E-state index contributed by atoms with van der Waals surface area (Å²) in [5.41, 5.74) is 1.60. The van der Waals surface area contributed by atoms with Crippen LogP contribution in [0.5, 0.6) is 0 Å². The fourth-order valence-corrected chi connectivity index (χ4v) is 3.31. The second-order valence-electron chi connectivity index (χ2n) is 6.93. The monoisotopic (exact) mass is 345 g/mol. The van der Waals surface area contributed by atoms with Gasteiger partial charge in [0.15, 0.2) is 12.6 Å². The van der Waals surface area contributed by atoms with Crippen LogP contribution in [0.4, 0.5) is 0 Å². The van der Waals surface area contributed by atoms with Crippen LogP contribution in [-0.4, -0.2) is 32.7 Å². The van der Waals surface area contributed by atoms with Crippen LogP contribution in [0.15, 0.2) is 24.3 Å². The molecule has 0 aliphatic carbocycles. The van der Waals surface area contributed by atoms with Crippen LogP contribution in [-0.2, 0) is 18.9 Å². The van der Waals surface area contributed by atoms with Crippen LogP contribution < -0.4 is 0 Å². The molecule has 5 nitrogen and oxygen atoms in total. The van der Waals surface area contributed by atoms with Gasteiger partial charge in [0.2, 0.25) is 0 Å². The van der Waals surface area contributed by atoms with E-state index in [1.54, 1.807) is 12.1 Å². The van der Waals surface area contributed by atoms with Gasteiger partial charge in [-0.2, -0.15) is 5.26 Å². The Kier molecular flexibility index (Phi) is 6.83. The molecule has 2 fully saturated rings. The van der Waals surface area contributed by atoms with E-state index >= 15 is 0 Å². The first-order valence-corrected chi connectivity index (χ1v) is 9.25. The van der Waals surface area contributed by atoms with Gasteiger partial charge in [-0.05, 0) is 31.4 Å². The lowest BCUT2D eigenvalue weighted by atomic mass is 10.0. The number of rotatable bonds is 6. The highest BCUT2D eigenvalue weighted by Gasteiger charge is 2.26. The van der Waals surface area contributed by atoms with Crippen LogP contribution >= 0.6 is 0 Å². The molecule has 3 rings (SSSR count). The quantitative estimate of drug-likeness (QED) is 0.785. The molecule has 0 unspecified atom stereocenters. The van der Waals surface area contributed by atoms with Gasteiger partial charge in [0.25, 0.3) is 0 Å². The third-order valence-electron chi connectivity index (χ3n) is 4.82. The third-order valence-corrected chi connectivity index (χ3v) is 4.82. The molecule has 2 aliphatic rings. The molecule has 2 saturated heterocycles. The van der Waals surface area contributed by atoms with Crippen molar-refractivity contribution < 1.29 is 18.9 Å². The molecule has 0 spiro atoms. The molecule has 0 amide bonds. The zero-order valence-corrected chi connectivity index (χ0v) is 14.9. The normalized spacial score (nSPS) is 29.9. The molecule has 0 saturated carbocycles. The van der Waals surface area contributed by atoms with Crippen molar-refractivity contribution in [2.24, 2.45) is 11.8 Å². The van der Waals surface area contributed by atoms with Crippen molar-refractivity contribution in [3.8, 4) is 6.07 Å². The lowest BCUT2D eigenvalue weighted by Crippen LogP contribution is -2.33. The van der Waals surface area contributed by atoms with Crippen molar-refractivity contribution in [3.05, 3.63) is 35.4 Å². The highest BCUT2D eigenvalue weighted by Crippen LogP contribution is 2.28. The highest BCUT2D eigenvalue weighted by atomic mass is 16.7. The summed E-state index contributed by atoms with van der Waals surface area (Å²) in [6.07, 6.45) is 3.80. The van der Waals surface area contributed by atoms with Crippen molar-refractivity contribution in [1.29, 1.82) is 5.26 Å². The highest BCUT2D eigenvalue weighted by molar-refractivity contribution is 5.32. The second kappa shape index (κ2) is 9.30. The van der Waals surface area contributed by atoms with Gasteiger partial charge >= 0.3 is 0 Å². The molecule has 5 heteroatoms. The van der Waals surface area contributed by atoms with E-state index in [0.717, 1.165) is 31.6 Å². The van der Waals surface area contributed by atoms with E-state index in [1.165, 1.54) is 12.8 Å². The minimum atomic E-state index is -0.332. The van der Waals surface area contributed by atoms with Crippen LogP contribution in [0.2, 0.25) is 0 Å². The Balaban J connectivity index is 1.36. The minimum Gasteiger partial charge on any atom is -0.352 e. The summed E-state index contributed by atoms with van der Waals surface area (Å²) >= 11 is 0. The number of hydrogen-bond donors (Lipinski definition) is 0. The van der Waals surface area contributed by atoms with E-state index in [0.29, 0.717) is 30.6 Å². The standard InChI is InChI=1S/C20H27NO4/c1-2-3-16-11-22-19(23-12-16)9-6-17-13-24-20(25-14-17)18-7-4-15(10-21)5-8-18/h4-5,7-8,16-17,19-20H,2-3,6,9,11-14H2,1H3/t16-,17-,19-,20-. The summed E-state index contributed by atoms with van der Waals surface area (Å²) < 4.78 is 23.3. The first-order chi connectivity index (χ1) is 12.3. The van der Waals surface area contributed by atoms with Gasteiger partial charge in [-0.15, -0.1) is 0 Å². The Morgan fingerprint density at radius 2 is 1.48 bits per heavy atom. The Morgan fingerprint density at radius 3 is 2.08 bits per heavy atom. The Hall–Kier alpha value is -1.45. The van der Waals surface area contributed by atoms with Crippen molar-refractivity contribution in [3.63, 3.8) is 0 Å². The van der Waals surface area contributed by atoms with E-state index in [-0.39, 0.29) is 12.6 Å². The number of nitrogens with zero attached hydrogens (tertiary/aromatic N) is 1. The molecular formula is C20H27NO4. The van der Waals surface area contributed by atoms with Gasteiger partial charge in [-0.25, -0.2) is 0 Å². The van der Waals surface area contributed by atoms with E-state index in [9.17, 15) is 0 Å². The molecule has 25 heavy (non-hydrogen) atoms. The molecule has 0 bridgehead atoms. The fourth-order valence-electron chi connectivity index (χ4n) is 3.31. The molecule has 0 N–H and O–H groups in total. The zero-order valence-electron chi connectivity index (χ0n) is 14.9. The van der Waals surface area contributed by atoms with Gasteiger partial charge in [0.05, 0.1) is 38.1 Å².